The van der Waals surface area contributed by atoms with Crippen molar-refractivity contribution in [3.05, 3.63) is 48.0 Å². The predicted molar refractivity (Wildman–Crippen MR) is 148 cm³/mol. The number of halogens is 1. The molecule has 2 aromatic rings. The summed E-state index contributed by atoms with van der Waals surface area (Å²) in [5.41, 5.74) is 5.04. The third kappa shape index (κ3) is 16.2. The molecule has 1 heterocycles. The molecular formula is C29H43FN2O8. The van der Waals surface area contributed by atoms with Crippen molar-refractivity contribution < 1.29 is 42.8 Å². The van der Waals surface area contributed by atoms with Crippen LogP contribution in [0.2, 0.25) is 0 Å². The molecule has 0 spiro atoms. The van der Waals surface area contributed by atoms with E-state index in [1.165, 1.54) is 63.4 Å². The lowest BCUT2D eigenvalue weighted by molar-refractivity contribution is -0.150. The van der Waals surface area contributed by atoms with E-state index in [-0.39, 0.29) is 47.6 Å². The van der Waals surface area contributed by atoms with Crippen LogP contribution in [-0.4, -0.2) is 47.9 Å². The van der Waals surface area contributed by atoms with Crippen molar-refractivity contribution in [2.24, 2.45) is 17.6 Å². The van der Waals surface area contributed by atoms with Gasteiger partial charge in [-0.1, -0.05) is 40.5 Å². The Bertz CT molecular complexity index is 1010. The molecule has 1 atom stereocenters. The lowest BCUT2D eigenvalue weighted by Crippen LogP contribution is -2.19. The van der Waals surface area contributed by atoms with Crippen LogP contribution in [0.1, 0.15) is 77.7 Å². The third-order valence-corrected chi connectivity index (χ3v) is 5.34. The number of nitrogens with two attached hydrogens (primary N) is 1. The molecule has 10 nitrogen and oxygen atoms in total. The number of benzene rings is 1. The minimum absolute atomic E-state index is 0.0451. The number of primary amides is 1. The van der Waals surface area contributed by atoms with Crippen LogP contribution < -0.4 is 15.2 Å². The van der Waals surface area contributed by atoms with Gasteiger partial charge in [-0.15, -0.1) is 0 Å². The Labute approximate surface area is 236 Å². The number of nitrogens with zero attached hydrogens (tertiary/aromatic N) is 1. The van der Waals surface area contributed by atoms with E-state index in [9.17, 15) is 18.8 Å². The number of carbonyl (C=O) groups excluding carboxylic acids is 3. The molecule has 40 heavy (non-hydrogen) atoms. The monoisotopic (exact) mass is 566 g/mol. The van der Waals surface area contributed by atoms with Crippen LogP contribution in [0.25, 0.3) is 0 Å². The number of hydrogen-bond donors (Lipinski definition) is 2. The molecule has 11 heteroatoms. The molecular weight excluding hydrogens is 523 g/mol. The molecule has 1 aromatic heterocycles. The quantitative estimate of drug-likeness (QED) is 0.254. The molecule has 1 amide bonds. The highest BCUT2D eigenvalue weighted by Crippen LogP contribution is 2.29. The Morgan fingerprint density at radius 2 is 1.65 bits per heavy atom. The number of methoxy groups -OCH3 is 1. The summed E-state index contributed by atoms with van der Waals surface area (Å²) in [5, 5.41) is 8.59. The summed E-state index contributed by atoms with van der Waals surface area (Å²) < 4.78 is 32.0. The summed E-state index contributed by atoms with van der Waals surface area (Å²) in [6, 6.07) is 6.50. The van der Waals surface area contributed by atoms with Gasteiger partial charge in [0.1, 0.15) is 11.6 Å². The van der Waals surface area contributed by atoms with Crippen LogP contribution in [0.3, 0.4) is 0 Å². The summed E-state index contributed by atoms with van der Waals surface area (Å²) in [6.07, 6.45) is 5.30. The molecule has 1 unspecified atom stereocenters. The number of aromatic hydroxyl groups is 1. The molecule has 0 saturated carbocycles. The standard InChI is InChI=1S/C13H26O2.C10H12N2O5.C6H5FO/c1-6-12(7-2)9-11(5)15-13(14)8-10(3)4;1-6(13)16-5-17-9-7(15-2)3-4-12-8(9)10(11)14;7-5-1-3-6(8)4-2-5/h10-12H,6-9H2,1-5H3;3-4H,5H2,1-2H3,(H2,11,14);1-4,8H. The van der Waals surface area contributed by atoms with Crippen LogP contribution in [0.15, 0.2) is 36.5 Å². The molecule has 1 aromatic carbocycles. The number of ether oxygens (including phenoxy) is 4. The molecule has 0 aliphatic heterocycles. The second-order valence-corrected chi connectivity index (χ2v) is 9.25. The van der Waals surface area contributed by atoms with Gasteiger partial charge in [-0.3, -0.25) is 14.4 Å². The Hall–Kier alpha value is -3.89. The average molecular weight is 567 g/mol. The molecule has 0 saturated heterocycles. The number of pyridine rings is 1. The number of rotatable bonds is 12. The summed E-state index contributed by atoms with van der Waals surface area (Å²) >= 11 is 0. The van der Waals surface area contributed by atoms with Gasteiger partial charge < -0.3 is 29.8 Å². The molecule has 0 fully saturated rings. The fraction of sp³-hybridized carbons (Fsp3) is 0.517. The van der Waals surface area contributed by atoms with Gasteiger partial charge in [0.05, 0.1) is 13.2 Å². The number of esters is 2. The van der Waals surface area contributed by atoms with Crippen LogP contribution in [0.5, 0.6) is 17.2 Å². The number of carbonyl (C=O) groups is 3. The average Bonchev–Trinajstić information content (AvgIpc) is 2.88. The smallest absolute Gasteiger partial charge is 0.306 e. The van der Waals surface area contributed by atoms with Crippen molar-refractivity contribution in [3.63, 3.8) is 0 Å². The minimum Gasteiger partial charge on any atom is -0.508 e. The molecule has 0 aliphatic carbocycles. The van der Waals surface area contributed by atoms with E-state index in [4.69, 9.17) is 25.1 Å². The summed E-state index contributed by atoms with van der Waals surface area (Å²) in [4.78, 5) is 36.8. The summed E-state index contributed by atoms with van der Waals surface area (Å²) in [5.74, 6) is -0.165. The van der Waals surface area contributed by atoms with E-state index in [1.54, 1.807) is 0 Å². The first-order valence-corrected chi connectivity index (χ1v) is 13.1. The highest BCUT2D eigenvalue weighted by atomic mass is 19.1. The molecule has 0 radical (unpaired) electrons. The largest absolute Gasteiger partial charge is 0.508 e. The number of hydrogen-bond acceptors (Lipinski definition) is 9. The number of phenols is 1. The van der Waals surface area contributed by atoms with Crippen LogP contribution in [-0.2, 0) is 19.1 Å². The van der Waals surface area contributed by atoms with E-state index in [2.05, 4.69) is 23.6 Å². The van der Waals surface area contributed by atoms with Gasteiger partial charge in [0.2, 0.25) is 6.79 Å². The van der Waals surface area contributed by atoms with E-state index >= 15 is 0 Å². The maximum Gasteiger partial charge on any atom is 0.306 e. The first kappa shape index (κ1) is 36.1. The highest BCUT2D eigenvalue weighted by Gasteiger charge is 2.17. The molecule has 0 bridgehead atoms. The number of phenolic OH excluding ortho intramolecular Hbond substituents is 1. The van der Waals surface area contributed by atoms with Crippen molar-refractivity contribution in [1.29, 1.82) is 0 Å². The first-order valence-electron chi connectivity index (χ1n) is 13.1. The van der Waals surface area contributed by atoms with Gasteiger partial charge in [0.25, 0.3) is 5.91 Å². The highest BCUT2D eigenvalue weighted by molar-refractivity contribution is 5.94. The Balaban J connectivity index is 0.000000604. The van der Waals surface area contributed by atoms with Crippen molar-refractivity contribution in [2.45, 2.75) is 73.3 Å². The molecule has 3 N–H and O–H groups in total. The van der Waals surface area contributed by atoms with Crippen molar-refractivity contribution >= 4 is 17.8 Å². The van der Waals surface area contributed by atoms with Crippen molar-refractivity contribution in [3.8, 4) is 17.2 Å². The van der Waals surface area contributed by atoms with E-state index in [1.807, 2.05) is 20.8 Å². The molecule has 0 aliphatic rings. The number of amides is 1. The van der Waals surface area contributed by atoms with E-state index < -0.39 is 11.9 Å². The first-order chi connectivity index (χ1) is 18.8. The lowest BCUT2D eigenvalue weighted by atomic mass is 9.97. The van der Waals surface area contributed by atoms with Crippen LogP contribution >= 0.6 is 0 Å². The van der Waals surface area contributed by atoms with Crippen molar-refractivity contribution in [2.75, 3.05) is 13.9 Å². The Morgan fingerprint density at radius 3 is 2.10 bits per heavy atom. The summed E-state index contributed by atoms with van der Waals surface area (Å²) in [6.45, 7) is 11.3. The zero-order valence-electron chi connectivity index (χ0n) is 24.4. The third-order valence-electron chi connectivity index (χ3n) is 5.34. The van der Waals surface area contributed by atoms with Gasteiger partial charge in [-0.25, -0.2) is 9.37 Å². The zero-order chi connectivity index (χ0) is 30.7. The second kappa shape index (κ2) is 20.1. The van der Waals surface area contributed by atoms with Gasteiger partial charge in [-0.05, 0) is 49.4 Å². The van der Waals surface area contributed by atoms with Crippen molar-refractivity contribution in [1.82, 2.24) is 4.98 Å². The van der Waals surface area contributed by atoms with E-state index in [0.29, 0.717) is 18.3 Å². The maximum atomic E-state index is 12.0. The van der Waals surface area contributed by atoms with Crippen LogP contribution in [0.4, 0.5) is 4.39 Å². The fourth-order valence-electron chi connectivity index (χ4n) is 3.26. The summed E-state index contributed by atoms with van der Waals surface area (Å²) in [7, 11) is 1.40. The fourth-order valence-corrected chi connectivity index (χ4v) is 3.26. The molecule has 224 valence electrons. The topological polar surface area (TPSA) is 147 Å². The van der Waals surface area contributed by atoms with Gasteiger partial charge in [0, 0.05) is 25.6 Å². The number of aromatic nitrogens is 1. The lowest BCUT2D eigenvalue weighted by Gasteiger charge is -2.19. The van der Waals surface area contributed by atoms with Gasteiger partial charge >= 0.3 is 11.9 Å². The Kier molecular flexibility index (Phi) is 18.1. The SMILES string of the molecule is CCC(CC)CC(C)OC(=O)CC(C)C.COc1ccnc(C(N)=O)c1OCOC(C)=O.Oc1ccc(F)cc1. The van der Waals surface area contributed by atoms with Gasteiger partial charge in [-0.2, -0.15) is 0 Å². The van der Waals surface area contributed by atoms with Crippen LogP contribution in [0, 0.1) is 17.7 Å². The van der Waals surface area contributed by atoms with E-state index in [0.717, 1.165) is 6.42 Å². The zero-order valence-corrected chi connectivity index (χ0v) is 24.4. The second-order valence-electron chi connectivity index (χ2n) is 9.25. The predicted octanol–water partition coefficient (Wildman–Crippen LogP) is 5.41. The Morgan fingerprint density at radius 1 is 1.05 bits per heavy atom. The normalized spacial score (nSPS) is 10.8. The molecule has 2 rings (SSSR count). The van der Waals surface area contributed by atoms with Gasteiger partial charge in [0.15, 0.2) is 17.2 Å². The minimum atomic E-state index is -0.762. The maximum absolute atomic E-state index is 12.0.